The molecule has 7 nitrogen and oxygen atoms in total. The van der Waals surface area contributed by atoms with Crippen molar-refractivity contribution in [1.82, 2.24) is 0 Å². The molecule has 0 saturated carbocycles. The molecule has 0 aliphatic rings. The fourth-order valence-electron chi connectivity index (χ4n) is 2.73. The van der Waals surface area contributed by atoms with Crippen LogP contribution in [-0.2, 0) is 10.0 Å². The lowest BCUT2D eigenvalue weighted by Gasteiger charge is -2.12. The number of hydrogen-bond donors (Lipinski definition) is 3. The summed E-state index contributed by atoms with van der Waals surface area (Å²) in [4.78, 5) is 23.9. The average Bonchev–Trinajstić information content (AvgIpc) is 2.72. The lowest BCUT2D eigenvalue weighted by atomic mass is 10.1. The zero-order chi connectivity index (χ0) is 23.6. The van der Waals surface area contributed by atoms with E-state index in [0.717, 1.165) is 6.07 Å². The van der Waals surface area contributed by atoms with E-state index in [9.17, 15) is 22.4 Å². The number of carbonyl (C=O) groups excluding carboxylic acids is 2. The molecule has 0 aliphatic heterocycles. The second-order valence-electron chi connectivity index (χ2n) is 6.71. The van der Waals surface area contributed by atoms with Gasteiger partial charge in [-0.2, -0.15) is 0 Å². The summed E-state index contributed by atoms with van der Waals surface area (Å²) in [5.41, 5.74) is 5.45. The molecule has 3 rings (SSSR count). The fourth-order valence-corrected chi connectivity index (χ4v) is 4.17. The van der Waals surface area contributed by atoms with E-state index in [0.29, 0.717) is 0 Å². The number of hydrogen-bond acceptors (Lipinski definition) is 4. The number of primary amides is 1. The molecule has 0 bridgehead atoms. The predicted octanol–water partition coefficient (Wildman–Crippen LogP) is 4.59. The quantitative estimate of drug-likeness (QED) is 0.463. The molecule has 0 fully saturated rings. The number of benzene rings is 3. The number of nitrogens with two attached hydrogens (primary N) is 1. The van der Waals surface area contributed by atoms with Crippen LogP contribution in [0.1, 0.15) is 26.3 Å². The van der Waals surface area contributed by atoms with Gasteiger partial charge in [0.05, 0.1) is 14.9 Å². The van der Waals surface area contributed by atoms with Crippen molar-refractivity contribution in [3.05, 3.63) is 87.2 Å². The molecule has 4 N–H and O–H groups in total. The predicted molar refractivity (Wildman–Crippen MR) is 121 cm³/mol. The van der Waals surface area contributed by atoms with Crippen LogP contribution in [0, 0.1) is 12.7 Å². The van der Waals surface area contributed by atoms with Gasteiger partial charge >= 0.3 is 0 Å². The third-order valence-corrected chi connectivity index (χ3v) is 6.57. The van der Waals surface area contributed by atoms with Crippen molar-refractivity contribution in [3.8, 4) is 0 Å². The van der Waals surface area contributed by atoms with Gasteiger partial charge in [0.25, 0.3) is 15.9 Å². The van der Waals surface area contributed by atoms with Crippen LogP contribution in [0.2, 0.25) is 10.0 Å². The van der Waals surface area contributed by atoms with Gasteiger partial charge in [-0.25, -0.2) is 12.8 Å². The van der Waals surface area contributed by atoms with Crippen molar-refractivity contribution in [3.63, 3.8) is 0 Å². The minimum absolute atomic E-state index is 0.0607. The van der Waals surface area contributed by atoms with Crippen molar-refractivity contribution in [2.24, 2.45) is 5.73 Å². The van der Waals surface area contributed by atoms with Crippen LogP contribution in [0.15, 0.2) is 59.5 Å². The van der Waals surface area contributed by atoms with Gasteiger partial charge in [0.15, 0.2) is 0 Å². The monoisotopic (exact) mass is 495 g/mol. The molecular formula is C21H16Cl2FN3O4S. The Morgan fingerprint density at radius 3 is 2.34 bits per heavy atom. The van der Waals surface area contributed by atoms with Crippen LogP contribution in [-0.4, -0.2) is 20.2 Å². The first-order chi connectivity index (χ1) is 15.0. The van der Waals surface area contributed by atoms with Crippen LogP contribution in [0.25, 0.3) is 0 Å². The van der Waals surface area contributed by atoms with Gasteiger partial charge in [-0.1, -0.05) is 29.3 Å². The summed E-state index contributed by atoms with van der Waals surface area (Å²) in [5, 5.41) is 2.78. The Morgan fingerprint density at radius 1 is 0.969 bits per heavy atom. The number of nitrogens with one attached hydrogen (secondary N) is 2. The lowest BCUT2D eigenvalue weighted by Crippen LogP contribution is -2.17. The number of amides is 2. The fraction of sp³-hybridized carbons (Fsp3) is 0.0476. The minimum atomic E-state index is -4.01. The number of carbonyl (C=O) groups is 2. The zero-order valence-corrected chi connectivity index (χ0v) is 18.8. The normalized spacial score (nSPS) is 11.1. The van der Waals surface area contributed by atoms with Crippen LogP contribution in [0.4, 0.5) is 15.8 Å². The second kappa shape index (κ2) is 9.15. The summed E-state index contributed by atoms with van der Waals surface area (Å²) < 4.78 is 41.7. The van der Waals surface area contributed by atoms with Crippen molar-refractivity contribution in [2.45, 2.75) is 11.8 Å². The molecule has 0 unspecified atom stereocenters. The summed E-state index contributed by atoms with van der Waals surface area (Å²) in [6.45, 7) is 1.43. The van der Waals surface area contributed by atoms with Crippen LogP contribution in [0.5, 0.6) is 0 Å². The first-order valence-electron chi connectivity index (χ1n) is 8.97. The molecule has 0 heterocycles. The minimum Gasteiger partial charge on any atom is -0.366 e. The van der Waals surface area contributed by atoms with E-state index in [1.165, 1.54) is 55.5 Å². The molecule has 0 aliphatic carbocycles. The van der Waals surface area contributed by atoms with E-state index in [4.69, 9.17) is 28.9 Å². The third-order valence-electron chi connectivity index (χ3n) is 4.46. The number of rotatable bonds is 6. The highest BCUT2D eigenvalue weighted by molar-refractivity contribution is 7.92. The molecule has 3 aromatic carbocycles. The second-order valence-corrected chi connectivity index (χ2v) is 9.21. The first-order valence-corrected chi connectivity index (χ1v) is 11.2. The highest BCUT2D eigenvalue weighted by Gasteiger charge is 2.18. The summed E-state index contributed by atoms with van der Waals surface area (Å²) in [5.74, 6) is -2.21. The van der Waals surface area contributed by atoms with Crippen molar-refractivity contribution < 1.29 is 22.4 Å². The van der Waals surface area contributed by atoms with Crippen molar-refractivity contribution in [1.29, 1.82) is 0 Å². The van der Waals surface area contributed by atoms with Gasteiger partial charge in [-0.05, 0) is 55.5 Å². The molecule has 0 aromatic heterocycles. The van der Waals surface area contributed by atoms with Crippen LogP contribution in [0.3, 0.4) is 0 Å². The Kier molecular flexibility index (Phi) is 6.73. The van der Waals surface area contributed by atoms with E-state index < -0.39 is 27.7 Å². The highest BCUT2D eigenvalue weighted by Crippen LogP contribution is 2.26. The SMILES string of the molecule is Cc1c(F)cc(C(N)=O)cc1NC(=O)c1cccc(NS(=O)(=O)c2ccc(Cl)c(Cl)c2)c1. The number of sulfonamides is 1. The van der Waals surface area contributed by atoms with E-state index in [-0.39, 0.29) is 43.0 Å². The molecule has 2 amide bonds. The molecule has 166 valence electrons. The average molecular weight is 496 g/mol. The maximum Gasteiger partial charge on any atom is 0.261 e. The summed E-state index contributed by atoms with van der Waals surface area (Å²) in [6, 6.07) is 11.7. The highest BCUT2D eigenvalue weighted by atomic mass is 35.5. The maximum atomic E-state index is 14.1. The molecule has 0 saturated heterocycles. The third kappa shape index (κ3) is 5.18. The zero-order valence-electron chi connectivity index (χ0n) is 16.4. The Bertz CT molecular complexity index is 1350. The number of halogens is 3. The molecule has 0 atom stereocenters. The Balaban J connectivity index is 1.85. The van der Waals surface area contributed by atoms with E-state index in [1.807, 2.05) is 0 Å². The molecule has 32 heavy (non-hydrogen) atoms. The van der Waals surface area contributed by atoms with E-state index >= 15 is 0 Å². The van der Waals surface area contributed by atoms with E-state index in [1.54, 1.807) is 0 Å². The summed E-state index contributed by atoms with van der Waals surface area (Å²) in [7, 11) is -4.01. The molecule has 0 spiro atoms. The van der Waals surface area contributed by atoms with Gasteiger partial charge in [0, 0.05) is 28.1 Å². The largest absolute Gasteiger partial charge is 0.366 e. The van der Waals surface area contributed by atoms with Gasteiger partial charge in [-0.3, -0.25) is 14.3 Å². The van der Waals surface area contributed by atoms with Crippen LogP contribution < -0.4 is 15.8 Å². The Labute approximate surface area is 193 Å². The summed E-state index contributed by atoms with van der Waals surface area (Å²) in [6.07, 6.45) is 0. The van der Waals surface area contributed by atoms with Gasteiger partial charge in [-0.15, -0.1) is 0 Å². The van der Waals surface area contributed by atoms with Crippen LogP contribution >= 0.6 is 23.2 Å². The van der Waals surface area contributed by atoms with Gasteiger partial charge in [0.2, 0.25) is 5.91 Å². The first kappa shape index (κ1) is 23.5. The van der Waals surface area contributed by atoms with E-state index in [2.05, 4.69) is 10.0 Å². The Hall–Kier alpha value is -3.14. The smallest absolute Gasteiger partial charge is 0.261 e. The maximum absolute atomic E-state index is 14.1. The number of anilines is 2. The molecular weight excluding hydrogens is 480 g/mol. The lowest BCUT2D eigenvalue weighted by molar-refractivity contribution is 0.0995. The van der Waals surface area contributed by atoms with Gasteiger partial charge in [0.1, 0.15) is 5.82 Å². The standard InChI is InChI=1S/C21H16Cl2FN3O4S/c1-11-18(24)8-13(20(25)28)9-19(11)26-21(29)12-3-2-4-14(7-12)27-32(30,31)15-5-6-16(22)17(23)10-15/h2-10,27H,1H3,(H2,25,28)(H,26,29). The molecule has 3 aromatic rings. The topological polar surface area (TPSA) is 118 Å². The van der Waals surface area contributed by atoms with Crippen molar-refractivity contribution >= 4 is 56.4 Å². The van der Waals surface area contributed by atoms with Crippen molar-refractivity contribution in [2.75, 3.05) is 10.0 Å². The Morgan fingerprint density at radius 2 is 1.69 bits per heavy atom. The molecule has 11 heteroatoms. The molecule has 0 radical (unpaired) electrons. The van der Waals surface area contributed by atoms with Gasteiger partial charge < -0.3 is 11.1 Å². The summed E-state index contributed by atoms with van der Waals surface area (Å²) >= 11 is 11.7.